The lowest BCUT2D eigenvalue weighted by Crippen LogP contribution is -2.38. The Morgan fingerprint density at radius 2 is 2.16 bits per heavy atom. The first-order chi connectivity index (χ1) is 9.11. The van der Waals surface area contributed by atoms with Crippen molar-refractivity contribution < 1.29 is 4.79 Å². The molecule has 0 radical (unpaired) electrons. The number of carbonyl (C=O) groups is 1. The van der Waals surface area contributed by atoms with Crippen LogP contribution in [0.2, 0.25) is 0 Å². The third kappa shape index (κ3) is 1.81. The van der Waals surface area contributed by atoms with E-state index in [1.807, 2.05) is 6.92 Å². The summed E-state index contributed by atoms with van der Waals surface area (Å²) < 4.78 is 0. The summed E-state index contributed by atoms with van der Waals surface area (Å²) in [7, 11) is 0. The van der Waals surface area contributed by atoms with Gasteiger partial charge in [-0.15, -0.1) is 0 Å². The van der Waals surface area contributed by atoms with Crippen LogP contribution >= 0.6 is 0 Å². The number of Topliss-reactive ketones (excluding diaryl/α,β-unsaturated/α-hetero) is 1. The smallest absolute Gasteiger partial charge is 0.209 e. The molecule has 0 spiro atoms. The van der Waals surface area contributed by atoms with E-state index in [1.54, 1.807) is 0 Å². The summed E-state index contributed by atoms with van der Waals surface area (Å²) in [6, 6.07) is 6.42. The Kier molecular flexibility index (Phi) is 2.79. The van der Waals surface area contributed by atoms with Gasteiger partial charge in [-0.25, -0.2) is 0 Å². The first-order valence-electron chi connectivity index (χ1n) is 6.62. The highest BCUT2D eigenvalue weighted by Gasteiger charge is 2.34. The molecule has 0 unspecified atom stereocenters. The number of allylic oxidation sites excluding steroid dienone is 2. The minimum Gasteiger partial charge on any atom is -0.363 e. The fourth-order valence-corrected chi connectivity index (χ4v) is 2.87. The van der Waals surface area contributed by atoms with Crippen LogP contribution in [0.4, 0.5) is 0 Å². The number of nitrogens with zero attached hydrogens (tertiary/aromatic N) is 1. The topological polar surface area (TPSA) is 46.3 Å². The fourth-order valence-electron chi connectivity index (χ4n) is 2.87. The van der Waals surface area contributed by atoms with Crippen molar-refractivity contribution in [1.29, 1.82) is 0 Å². The van der Waals surface area contributed by atoms with Crippen LogP contribution in [0.3, 0.4) is 0 Å². The zero-order valence-electron chi connectivity index (χ0n) is 11.2. The second-order valence-corrected chi connectivity index (χ2v) is 5.26. The first-order valence-corrected chi connectivity index (χ1v) is 6.62. The van der Waals surface area contributed by atoms with Gasteiger partial charge < -0.3 is 10.6 Å². The molecule has 3 rings (SSSR count). The lowest BCUT2D eigenvalue weighted by molar-refractivity contribution is -0.115. The standard InChI is InChI=1S/C16H18N2O/c1-10-11(2)16(19)15(10)18-6-5-13-4-3-12(8-17)7-14(13)9-18/h3-4,7H,2,5-6,8-9,17H2,1H3. The molecule has 0 bridgehead atoms. The van der Waals surface area contributed by atoms with Gasteiger partial charge in [0.25, 0.3) is 0 Å². The molecule has 0 atom stereocenters. The first kappa shape index (κ1) is 12.2. The Balaban J connectivity index is 1.90. The molecule has 1 aliphatic heterocycles. The van der Waals surface area contributed by atoms with Gasteiger partial charge in [-0.3, -0.25) is 4.79 Å². The van der Waals surface area contributed by atoms with Gasteiger partial charge in [0.1, 0.15) is 0 Å². The molecule has 3 heteroatoms. The lowest BCUT2D eigenvalue weighted by atomic mass is 9.86. The van der Waals surface area contributed by atoms with Gasteiger partial charge in [0.15, 0.2) is 0 Å². The lowest BCUT2D eigenvalue weighted by Gasteiger charge is -2.37. The van der Waals surface area contributed by atoms with Gasteiger partial charge in [0, 0.05) is 25.2 Å². The molecule has 1 heterocycles. The predicted octanol–water partition coefficient (Wildman–Crippen LogP) is 1.92. The largest absolute Gasteiger partial charge is 0.363 e. The van der Waals surface area contributed by atoms with Crippen molar-refractivity contribution in [3.8, 4) is 0 Å². The Morgan fingerprint density at radius 1 is 1.37 bits per heavy atom. The van der Waals surface area contributed by atoms with Gasteiger partial charge in [0.05, 0.1) is 5.70 Å². The van der Waals surface area contributed by atoms with Crippen molar-refractivity contribution in [2.45, 2.75) is 26.4 Å². The quantitative estimate of drug-likeness (QED) is 0.820. The van der Waals surface area contributed by atoms with E-state index in [0.717, 1.165) is 36.3 Å². The normalized spacial score (nSPS) is 18.5. The van der Waals surface area contributed by atoms with Crippen molar-refractivity contribution in [2.24, 2.45) is 5.73 Å². The maximum absolute atomic E-state index is 11.9. The number of fused-ring (bicyclic) bond motifs is 1. The average molecular weight is 254 g/mol. The van der Waals surface area contributed by atoms with Crippen LogP contribution in [-0.2, 0) is 24.3 Å². The second-order valence-electron chi connectivity index (χ2n) is 5.26. The van der Waals surface area contributed by atoms with E-state index >= 15 is 0 Å². The molecule has 0 aromatic heterocycles. The SMILES string of the molecule is C=C1C(=O)C(N2CCc3ccc(CN)cc3C2)=C1C. The van der Waals surface area contributed by atoms with E-state index in [0.29, 0.717) is 12.1 Å². The molecule has 98 valence electrons. The van der Waals surface area contributed by atoms with Crippen molar-refractivity contribution in [1.82, 2.24) is 4.90 Å². The third-order valence-electron chi connectivity index (χ3n) is 4.13. The molecule has 0 saturated carbocycles. The minimum absolute atomic E-state index is 0.107. The van der Waals surface area contributed by atoms with Gasteiger partial charge in [-0.2, -0.15) is 0 Å². The van der Waals surface area contributed by atoms with E-state index in [-0.39, 0.29) is 5.78 Å². The summed E-state index contributed by atoms with van der Waals surface area (Å²) in [5, 5.41) is 0. The number of hydrogen-bond donors (Lipinski definition) is 1. The third-order valence-corrected chi connectivity index (χ3v) is 4.13. The maximum atomic E-state index is 11.9. The number of nitrogens with two attached hydrogens (primary N) is 1. The molecule has 3 nitrogen and oxygen atoms in total. The van der Waals surface area contributed by atoms with Crippen LogP contribution in [0, 0.1) is 0 Å². The highest BCUT2D eigenvalue weighted by atomic mass is 16.1. The van der Waals surface area contributed by atoms with Crippen molar-refractivity contribution >= 4 is 5.78 Å². The zero-order chi connectivity index (χ0) is 13.6. The molecule has 0 saturated heterocycles. The summed E-state index contributed by atoms with van der Waals surface area (Å²) in [6.45, 7) is 8.03. The zero-order valence-corrected chi connectivity index (χ0v) is 11.2. The molecule has 0 amide bonds. The molecule has 2 N–H and O–H groups in total. The molecule has 1 aliphatic carbocycles. The second kappa shape index (κ2) is 4.35. The van der Waals surface area contributed by atoms with Gasteiger partial charge >= 0.3 is 0 Å². The van der Waals surface area contributed by atoms with E-state index in [1.165, 1.54) is 11.1 Å². The van der Waals surface area contributed by atoms with E-state index in [9.17, 15) is 4.79 Å². The molecular weight excluding hydrogens is 236 g/mol. The number of ketones is 1. The Bertz CT molecular complexity index is 613. The molecule has 1 aromatic carbocycles. The van der Waals surface area contributed by atoms with Crippen LogP contribution in [0.15, 0.2) is 41.6 Å². The van der Waals surface area contributed by atoms with Crippen LogP contribution in [-0.4, -0.2) is 17.2 Å². The summed E-state index contributed by atoms with van der Waals surface area (Å²) in [5.74, 6) is 0.107. The van der Waals surface area contributed by atoms with Crippen LogP contribution < -0.4 is 5.73 Å². The Hall–Kier alpha value is -1.87. The monoisotopic (exact) mass is 254 g/mol. The summed E-state index contributed by atoms with van der Waals surface area (Å²) in [4.78, 5) is 14.1. The highest BCUT2D eigenvalue weighted by Crippen LogP contribution is 2.34. The predicted molar refractivity (Wildman–Crippen MR) is 75.3 cm³/mol. The van der Waals surface area contributed by atoms with Crippen molar-refractivity contribution in [3.05, 3.63) is 58.3 Å². The molecule has 1 aromatic rings. The summed E-state index contributed by atoms with van der Waals surface area (Å²) in [5.41, 5.74) is 12.1. The van der Waals surface area contributed by atoms with Gasteiger partial charge in [-0.1, -0.05) is 24.8 Å². The Morgan fingerprint density at radius 3 is 2.84 bits per heavy atom. The Labute approximate surface area is 113 Å². The van der Waals surface area contributed by atoms with Gasteiger partial charge in [0.2, 0.25) is 5.78 Å². The van der Waals surface area contributed by atoms with E-state index in [2.05, 4.69) is 29.7 Å². The number of carbonyl (C=O) groups excluding carboxylic acids is 1. The summed E-state index contributed by atoms with van der Waals surface area (Å²) in [6.07, 6.45) is 0.983. The number of rotatable bonds is 2. The van der Waals surface area contributed by atoms with Gasteiger partial charge in [-0.05, 0) is 35.6 Å². The van der Waals surface area contributed by atoms with Crippen molar-refractivity contribution in [3.63, 3.8) is 0 Å². The number of hydrogen-bond acceptors (Lipinski definition) is 3. The molecule has 0 fully saturated rings. The molecular formula is C16H18N2O. The molecule has 2 aliphatic rings. The van der Waals surface area contributed by atoms with Crippen LogP contribution in [0.5, 0.6) is 0 Å². The fraction of sp³-hybridized carbons (Fsp3) is 0.312. The van der Waals surface area contributed by atoms with Crippen LogP contribution in [0.25, 0.3) is 0 Å². The molecule has 19 heavy (non-hydrogen) atoms. The highest BCUT2D eigenvalue weighted by molar-refractivity contribution is 6.18. The van der Waals surface area contributed by atoms with Crippen molar-refractivity contribution in [2.75, 3.05) is 6.54 Å². The van der Waals surface area contributed by atoms with E-state index < -0.39 is 0 Å². The van der Waals surface area contributed by atoms with Crippen LogP contribution in [0.1, 0.15) is 23.6 Å². The average Bonchev–Trinajstić information content (AvgIpc) is 2.46. The minimum atomic E-state index is 0.107. The number of benzene rings is 1. The maximum Gasteiger partial charge on any atom is 0.209 e. The van der Waals surface area contributed by atoms with E-state index in [4.69, 9.17) is 5.73 Å². The summed E-state index contributed by atoms with van der Waals surface area (Å²) >= 11 is 0.